The van der Waals surface area contributed by atoms with Gasteiger partial charge in [0.1, 0.15) is 0 Å². The lowest BCUT2D eigenvalue weighted by Gasteiger charge is -2.06. The second-order valence-electron chi connectivity index (χ2n) is 4.74. The van der Waals surface area contributed by atoms with Crippen molar-refractivity contribution in [2.75, 3.05) is 5.75 Å². The van der Waals surface area contributed by atoms with Gasteiger partial charge in [-0.2, -0.15) is 0 Å². The first kappa shape index (κ1) is 14.5. The highest BCUT2D eigenvalue weighted by atomic mass is 32.2. The van der Waals surface area contributed by atoms with Gasteiger partial charge in [-0.1, -0.05) is 6.07 Å². The van der Waals surface area contributed by atoms with Gasteiger partial charge in [0.25, 0.3) is 0 Å². The van der Waals surface area contributed by atoms with Crippen LogP contribution in [0.15, 0.2) is 29.2 Å². The van der Waals surface area contributed by atoms with Crippen molar-refractivity contribution in [1.82, 2.24) is 5.32 Å². The molecule has 2 N–H and O–H groups in total. The summed E-state index contributed by atoms with van der Waals surface area (Å²) in [6.45, 7) is 0. The highest BCUT2D eigenvalue weighted by Crippen LogP contribution is 2.19. The normalized spacial score (nSPS) is 14.8. The van der Waals surface area contributed by atoms with Crippen molar-refractivity contribution in [3.05, 3.63) is 29.8 Å². The quantitative estimate of drug-likeness (QED) is 0.810. The van der Waals surface area contributed by atoms with Gasteiger partial charge in [-0.15, -0.1) is 0 Å². The molecule has 0 unspecified atom stereocenters. The van der Waals surface area contributed by atoms with E-state index < -0.39 is 15.8 Å². The molecule has 20 heavy (non-hydrogen) atoms. The van der Waals surface area contributed by atoms with Crippen LogP contribution in [-0.4, -0.2) is 37.2 Å². The number of carbonyl (C=O) groups is 2. The number of rotatable bonds is 6. The SMILES string of the molecule is O=C(CCS(=O)(=O)c1cccc(C(=O)O)c1)NC1CC1. The number of amides is 1. The zero-order valence-electron chi connectivity index (χ0n) is 10.7. The van der Waals surface area contributed by atoms with Crippen LogP contribution in [0, 0.1) is 0 Å². The summed E-state index contributed by atoms with van der Waals surface area (Å²) in [4.78, 5) is 22.2. The van der Waals surface area contributed by atoms with Gasteiger partial charge in [0.2, 0.25) is 5.91 Å². The monoisotopic (exact) mass is 297 g/mol. The van der Waals surface area contributed by atoms with Crippen LogP contribution in [0.2, 0.25) is 0 Å². The molecular formula is C13H15NO5S. The fraction of sp³-hybridized carbons (Fsp3) is 0.385. The van der Waals surface area contributed by atoms with Gasteiger partial charge in [-0.25, -0.2) is 13.2 Å². The van der Waals surface area contributed by atoms with Crippen molar-refractivity contribution in [2.45, 2.75) is 30.2 Å². The van der Waals surface area contributed by atoms with Crippen LogP contribution in [0.5, 0.6) is 0 Å². The first-order valence-electron chi connectivity index (χ1n) is 6.24. The van der Waals surface area contributed by atoms with Crippen LogP contribution in [0.3, 0.4) is 0 Å². The largest absolute Gasteiger partial charge is 0.478 e. The second kappa shape index (κ2) is 5.62. The zero-order chi connectivity index (χ0) is 14.8. The molecule has 7 heteroatoms. The van der Waals surface area contributed by atoms with Gasteiger partial charge in [0.15, 0.2) is 9.84 Å². The Morgan fingerprint density at radius 2 is 2.00 bits per heavy atom. The Hall–Kier alpha value is -1.89. The van der Waals surface area contributed by atoms with Crippen LogP contribution in [0.25, 0.3) is 0 Å². The van der Waals surface area contributed by atoms with E-state index in [9.17, 15) is 18.0 Å². The summed E-state index contributed by atoms with van der Waals surface area (Å²) in [5.41, 5.74) is -0.0893. The maximum atomic E-state index is 12.0. The third-order valence-electron chi connectivity index (χ3n) is 2.98. The number of benzene rings is 1. The maximum Gasteiger partial charge on any atom is 0.335 e. The molecule has 0 heterocycles. The Morgan fingerprint density at radius 1 is 1.30 bits per heavy atom. The molecule has 2 rings (SSSR count). The molecule has 0 spiro atoms. The Morgan fingerprint density at radius 3 is 2.60 bits per heavy atom. The summed E-state index contributed by atoms with van der Waals surface area (Å²) in [6.07, 6.45) is 1.77. The van der Waals surface area contributed by atoms with E-state index in [0.717, 1.165) is 18.9 Å². The smallest absolute Gasteiger partial charge is 0.335 e. The number of sulfone groups is 1. The van der Waals surface area contributed by atoms with E-state index in [0.29, 0.717) is 0 Å². The number of carboxylic acids is 1. The van der Waals surface area contributed by atoms with Crippen LogP contribution in [0.1, 0.15) is 29.6 Å². The predicted molar refractivity (Wildman–Crippen MR) is 71.2 cm³/mol. The van der Waals surface area contributed by atoms with E-state index in [4.69, 9.17) is 5.11 Å². The molecule has 1 saturated carbocycles. The Bertz CT molecular complexity index is 634. The van der Waals surface area contributed by atoms with Crippen molar-refractivity contribution >= 4 is 21.7 Å². The molecular weight excluding hydrogens is 282 g/mol. The lowest BCUT2D eigenvalue weighted by molar-refractivity contribution is -0.120. The number of carboxylic acid groups (broad SMARTS) is 1. The van der Waals surface area contributed by atoms with Crippen LogP contribution in [-0.2, 0) is 14.6 Å². The first-order chi connectivity index (χ1) is 9.38. The van der Waals surface area contributed by atoms with E-state index in [2.05, 4.69) is 5.32 Å². The standard InChI is InChI=1S/C13H15NO5S/c15-12(14-10-4-5-10)6-7-20(18,19)11-3-1-2-9(8-11)13(16)17/h1-3,8,10H,4-7H2,(H,14,15)(H,16,17). The van der Waals surface area contributed by atoms with Crippen molar-refractivity contribution in [3.8, 4) is 0 Å². The summed E-state index contributed by atoms with van der Waals surface area (Å²) in [5, 5.41) is 11.6. The Kier molecular flexibility index (Phi) is 4.08. The van der Waals surface area contributed by atoms with Crippen molar-refractivity contribution < 1.29 is 23.1 Å². The maximum absolute atomic E-state index is 12.0. The third kappa shape index (κ3) is 3.80. The number of hydrogen-bond donors (Lipinski definition) is 2. The lowest BCUT2D eigenvalue weighted by atomic mass is 10.2. The summed E-state index contributed by atoms with van der Waals surface area (Å²) >= 11 is 0. The zero-order valence-corrected chi connectivity index (χ0v) is 11.5. The molecule has 0 saturated heterocycles. The van der Waals surface area contributed by atoms with Crippen molar-refractivity contribution in [3.63, 3.8) is 0 Å². The Labute approximate surface area is 116 Å². The third-order valence-corrected chi connectivity index (χ3v) is 4.69. The van der Waals surface area contributed by atoms with E-state index >= 15 is 0 Å². The minimum absolute atomic E-state index is 0.0726. The summed E-state index contributed by atoms with van der Waals surface area (Å²) in [6, 6.07) is 5.33. The minimum Gasteiger partial charge on any atom is -0.478 e. The molecule has 1 aromatic rings. The van der Waals surface area contributed by atoms with Gasteiger partial charge >= 0.3 is 5.97 Å². The Balaban J connectivity index is 2.03. The van der Waals surface area contributed by atoms with E-state index in [1.54, 1.807) is 0 Å². The highest BCUT2D eigenvalue weighted by molar-refractivity contribution is 7.91. The molecule has 0 aliphatic heterocycles. The molecule has 0 aromatic heterocycles. The van der Waals surface area contributed by atoms with Gasteiger partial charge in [0.05, 0.1) is 16.2 Å². The number of aromatic carboxylic acids is 1. The fourth-order valence-electron chi connectivity index (χ4n) is 1.70. The predicted octanol–water partition coefficient (Wildman–Crippen LogP) is 0.827. The topological polar surface area (TPSA) is 101 Å². The molecule has 0 bridgehead atoms. The second-order valence-corrected chi connectivity index (χ2v) is 6.85. The van der Waals surface area contributed by atoms with Gasteiger partial charge in [0, 0.05) is 12.5 Å². The van der Waals surface area contributed by atoms with Gasteiger partial charge < -0.3 is 10.4 Å². The van der Waals surface area contributed by atoms with Crippen LogP contribution in [0.4, 0.5) is 0 Å². The lowest BCUT2D eigenvalue weighted by Crippen LogP contribution is -2.27. The molecule has 108 valence electrons. The molecule has 6 nitrogen and oxygen atoms in total. The molecule has 1 aliphatic carbocycles. The molecule has 1 aromatic carbocycles. The fourth-order valence-corrected chi connectivity index (χ4v) is 2.98. The summed E-state index contributed by atoms with van der Waals surface area (Å²) in [7, 11) is -3.65. The first-order valence-corrected chi connectivity index (χ1v) is 7.89. The highest BCUT2D eigenvalue weighted by Gasteiger charge is 2.24. The van der Waals surface area contributed by atoms with Gasteiger partial charge in [-0.05, 0) is 31.0 Å². The minimum atomic E-state index is -3.65. The van der Waals surface area contributed by atoms with E-state index in [1.165, 1.54) is 18.2 Å². The van der Waals surface area contributed by atoms with Crippen LogP contribution < -0.4 is 5.32 Å². The van der Waals surface area contributed by atoms with Crippen molar-refractivity contribution in [1.29, 1.82) is 0 Å². The molecule has 0 atom stereocenters. The molecule has 1 aliphatic rings. The summed E-state index contributed by atoms with van der Waals surface area (Å²) < 4.78 is 24.1. The number of nitrogens with one attached hydrogen (secondary N) is 1. The van der Waals surface area contributed by atoms with Crippen molar-refractivity contribution in [2.24, 2.45) is 0 Å². The average molecular weight is 297 g/mol. The molecule has 0 radical (unpaired) electrons. The van der Waals surface area contributed by atoms with Crippen LogP contribution >= 0.6 is 0 Å². The van der Waals surface area contributed by atoms with E-state index in [-0.39, 0.29) is 34.6 Å². The number of carbonyl (C=O) groups excluding carboxylic acids is 1. The average Bonchev–Trinajstić information content (AvgIpc) is 3.20. The van der Waals surface area contributed by atoms with Gasteiger partial charge in [-0.3, -0.25) is 4.79 Å². The van der Waals surface area contributed by atoms with E-state index in [1.807, 2.05) is 0 Å². The summed E-state index contributed by atoms with van der Waals surface area (Å²) in [5.74, 6) is -1.80. The molecule has 1 fully saturated rings. The number of hydrogen-bond acceptors (Lipinski definition) is 4. The molecule has 1 amide bonds.